The number of hydrogen-bond donors (Lipinski definition) is 1. The van der Waals surface area contributed by atoms with Crippen LogP contribution in [0.2, 0.25) is 0 Å². The Morgan fingerprint density at radius 3 is 1.86 bits per heavy atom. The van der Waals surface area contributed by atoms with Crippen LogP contribution in [0.4, 0.5) is 5.69 Å². The molecule has 0 saturated heterocycles. The van der Waals surface area contributed by atoms with Crippen molar-refractivity contribution in [3.05, 3.63) is 77.4 Å². The summed E-state index contributed by atoms with van der Waals surface area (Å²) in [5, 5.41) is 10.8. The molecule has 0 atom stereocenters. The number of benzene rings is 2. The first-order valence-electron chi connectivity index (χ1n) is 9.92. The number of hydrogen-bond acceptors (Lipinski definition) is 8. The topological polar surface area (TPSA) is 141 Å². The molecule has 0 aromatic heterocycles. The quantitative estimate of drug-likeness (QED) is 0.295. The van der Waals surface area contributed by atoms with Gasteiger partial charge in [0.2, 0.25) is 0 Å². The summed E-state index contributed by atoms with van der Waals surface area (Å²) in [6, 6.07) is 8.22. The van der Waals surface area contributed by atoms with Gasteiger partial charge in [-0.3, -0.25) is 0 Å². The van der Waals surface area contributed by atoms with Gasteiger partial charge < -0.3 is 19.1 Å². The zero-order valence-electron chi connectivity index (χ0n) is 19.9. The van der Waals surface area contributed by atoms with Crippen molar-refractivity contribution in [1.29, 1.82) is 0 Å². The number of nitrogens with zero attached hydrogens (tertiary/aromatic N) is 2. The van der Waals surface area contributed by atoms with Crippen LogP contribution < -0.4 is 34.5 Å². The van der Waals surface area contributed by atoms with Gasteiger partial charge in [-0.15, -0.1) is 0 Å². The van der Waals surface area contributed by atoms with Crippen LogP contribution in [0.25, 0.3) is 5.57 Å². The molecule has 35 heavy (non-hydrogen) atoms. The summed E-state index contributed by atoms with van der Waals surface area (Å²) in [5.41, 5.74) is 2.66. The smallest absolute Gasteiger partial charge is 0.744 e. The average Bonchev–Trinajstić information content (AvgIpc) is 2.74. The monoisotopic (exact) mass is 526 g/mol. The fourth-order valence-corrected chi connectivity index (χ4v) is 4.66. The van der Waals surface area contributed by atoms with Crippen molar-refractivity contribution in [2.45, 2.75) is 9.79 Å². The van der Waals surface area contributed by atoms with E-state index in [-0.39, 0.29) is 40.7 Å². The number of phenolic OH excluding ortho intramolecular Hbond substituents is 1. The molecule has 12 heteroatoms. The van der Waals surface area contributed by atoms with Crippen molar-refractivity contribution in [3.63, 3.8) is 0 Å². The van der Waals surface area contributed by atoms with Gasteiger partial charge in [-0.05, 0) is 53.1 Å². The molecule has 0 heterocycles. The molecule has 0 spiro atoms. The standard InChI is InChI=1S/C23H24N2O7S2.Na/c1-24(2)17-9-5-15(6-10-17)22(16-7-11-18(12-8-16)25(3)4)20-13-19(33(27,28)29)14-21(23(20)26)34(30,31)32;/h5-14H,1-4H3,(H2,27,28,29,30,31,32);/q;+1/p-1. The minimum Gasteiger partial charge on any atom is -0.744 e. The van der Waals surface area contributed by atoms with Gasteiger partial charge in [0.1, 0.15) is 40.1 Å². The third-order valence-electron chi connectivity index (χ3n) is 5.22. The van der Waals surface area contributed by atoms with E-state index in [0.29, 0.717) is 17.2 Å². The molecular weight excluding hydrogens is 503 g/mol. The molecule has 0 saturated carbocycles. The molecular formula is C23H23N2NaO7S2. The van der Waals surface area contributed by atoms with Gasteiger partial charge in [0.15, 0.2) is 5.71 Å². The normalized spacial score (nSPS) is 13.4. The van der Waals surface area contributed by atoms with Crippen molar-refractivity contribution in [3.8, 4) is 5.75 Å². The van der Waals surface area contributed by atoms with Crippen molar-refractivity contribution in [2.75, 3.05) is 33.1 Å². The molecule has 1 aliphatic rings. The van der Waals surface area contributed by atoms with E-state index in [1.807, 2.05) is 37.7 Å². The average molecular weight is 527 g/mol. The summed E-state index contributed by atoms with van der Waals surface area (Å²) in [7, 11) is -3.07. The number of rotatable bonds is 5. The summed E-state index contributed by atoms with van der Waals surface area (Å²) in [4.78, 5) is -0.270. The molecule has 0 fully saturated rings. The zero-order valence-corrected chi connectivity index (χ0v) is 23.5. The van der Waals surface area contributed by atoms with E-state index in [1.165, 1.54) is 0 Å². The van der Waals surface area contributed by atoms with Gasteiger partial charge in [0.25, 0.3) is 0 Å². The second kappa shape index (κ2) is 10.8. The van der Waals surface area contributed by atoms with Crippen LogP contribution in [0.15, 0.2) is 76.1 Å². The third kappa shape index (κ3) is 6.50. The number of phenols is 1. The van der Waals surface area contributed by atoms with Gasteiger partial charge in [-0.1, -0.05) is 12.1 Å². The first-order valence-corrected chi connectivity index (χ1v) is 12.7. The number of allylic oxidation sites excluding steroid dienone is 5. The Morgan fingerprint density at radius 1 is 0.886 bits per heavy atom. The summed E-state index contributed by atoms with van der Waals surface area (Å²) >= 11 is 0. The molecule has 2 aromatic carbocycles. The minimum atomic E-state index is -5.30. The zero-order chi connectivity index (χ0) is 25.4. The minimum absolute atomic E-state index is 0. The maximum absolute atomic E-state index is 11.8. The fraction of sp³-hybridized carbons (Fsp3) is 0.174. The van der Waals surface area contributed by atoms with E-state index in [9.17, 15) is 31.0 Å². The first-order chi connectivity index (χ1) is 15.7. The van der Waals surface area contributed by atoms with Crippen LogP contribution in [0.5, 0.6) is 5.75 Å². The Kier molecular flexibility index (Phi) is 8.93. The van der Waals surface area contributed by atoms with Crippen LogP contribution in [0, 0.1) is 0 Å². The van der Waals surface area contributed by atoms with Crippen LogP contribution in [0.1, 0.15) is 11.1 Å². The molecule has 0 aliphatic heterocycles. The molecule has 0 unspecified atom stereocenters. The summed E-state index contributed by atoms with van der Waals surface area (Å²) in [5.74, 6) is -0.939. The largest absolute Gasteiger partial charge is 1.00 e. The second-order valence-corrected chi connectivity index (χ2v) is 10.7. The van der Waals surface area contributed by atoms with Gasteiger partial charge in [-0.25, -0.2) is 21.4 Å². The second-order valence-electron chi connectivity index (χ2n) is 7.98. The van der Waals surface area contributed by atoms with E-state index in [0.717, 1.165) is 17.5 Å². The van der Waals surface area contributed by atoms with Gasteiger partial charge in [0.05, 0.1) is 9.79 Å². The van der Waals surface area contributed by atoms with E-state index in [1.54, 1.807) is 48.6 Å². The van der Waals surface area contributed by atoms with E-state index in [2.05, 4.69) is 0 Å². The van der Waals surface area contributed by atoms with Crippen molar-refractivity contribution in [1.82, 2.24) is 0 Å². The predicted molar refractivity (Wildman–Crippen MR) is 126 cm³/mol. The molecule has 0 bridgehead atoms. The Balaban J connectivity index is 0.00000432. The molecule has 3 rings (SSSR count). The number of aromatic hydroxyl groups is 1. The molecule has 2 aromatic rings. The predicted octanol–water partition coefficient (Wildman–Crippen LogP) is -1.09. The van der Waals surface area contributed by atoms with Crippen molar-refractivity contribution in [2.24, 2.45) is 0 Å². The SMILES string of the molecule is CN(C)c1ccc(C(=C2C=CC(=[N+](C)C)C=C2)c2cc(S(=O)(=O)[O-])cc(S(=O)(=O)[O-])c2O)cc1.[Na+]. The van der Waals surface area contributed by atoms with Crippen LogP contribution in [-0.4, -0.2) is 69.5 Å². The van der Waals surface area contributed by atoms with E-state index < -0.39 is 35.8 Å². The summed E-state index contributed by atoms with van der Waals surface area (Å²) in [6.45, 7) is 0. The Bertz CT molecular complexity index is 1470. The maximum Gasteiger partial charge on any atom is 1.00 e. The fourth-order valence-electron chi connectivity index (χ4n) is 3.44. The van der Waals surface area contributed by atoms with Gasteiger partial charge in [0, 0.05) is 37.5 Å². The van der Waals surface area contributed by atoms with E-state index in [4.69, 9.17) is 0 Å². The molecule has 180 valence electrons. The number of anilines is 1. The molecule has 9 nitrogen and oxygen atoms in total. The molecule has 0 amide bonds. The van der Waals surface area contributed by atoms with Crippen molar-refractivity contribution < 1.29 is 65.2 Å². The van der Waals surface area contributed by atoms with Gasteiger partial charge in [-0.2, -0.15) is 0 Å². The van der Waals surface area contributed by atoms with E-state index >= 15 is 0 Å². The molecule has 1 N–H and O–H groups in total. The maximum atomic E-state index is 11.8. The molecule has 0 radical (unpaired) electrons. The van der Waals surface area contributed by atoms with Crippen LogP contribution >= 0.6 is 0 Å². The molecule has 1 aliphatic carbocycles. The van der Waals surface area contributed by atoms with Crippen molar-refractivity contribution >= 4 is 37.2 Å². The Morgan fingerprint density at radius 2 is 1.43 bits per heavy atom. The van der Waals surface area contributed by atoms with Crippen LogP contribution in [-0.2, 0) is 20.2 Å². The Labute approximate surface area is 227 Å². The summed E-state index contributed by atoms with van der Waals surface area (Å²) < 4.78 is 72.5. The van der Waals surface area contributed by atoms with Crippen LogP contribution in [0.3, 0.4) is 0 Å². The third-order valence-corrected chi connectivity index (χ3v) is 6.88. The summed E-state index contributed by atoms with van der Waals surface area (Å²) in [6.07, 6.45) is 6.96. The van der Waals surface area contributed by atoms with Gasteiger partial charge >= 0.3 is 29.6 Å². The first kappa shape index (κ1) is 29.0. The Hall–Kier alpha value is -2.25.